The second-order valence-electron chi connectivity index (χ2n) is 7.07. The number of hydrogen-bond acceptors (Lipinski definition) is 8. The molecule has 10 heteroatoms. The van der Waals surface area contributed by atoms with E-state index < -0.39 is 0 Å². The maximum absolute atomic E-state index is 12.5. The molecule has 3 aromatic rings. The van der Waals surface area contributed by atoms with Crippen LogP contribution >= 0.6 is 23.1 Å². The van der Waals surface area contributed by atoms with Gasteiger partial charge in [-0.25, -0.2) is 0 Å². The molecule has 0 atom stereocenters. The van der Waals surface area contributed by atoms with Gasteiger partial charge in [0.1, 0.15) is 22.5 Å². The highest BCUT2D eigenvalue weighted by atomic mass is 32.2. The molecule has 0 bridgehead atoms. The molecule has 8 nitrogen and oxygen atoms in total. The summed E-state index contributed by atoms with van der Waals surface area (Å²) in [5.74, 6) is 1.06. The van der Waals surface area contributed by atoms with E-state index in [1.54, 1.807) is 23.1 Å². The van der Waals surface area contributed by atoms with Crippen LogP contribution in [0.15, 0.2) is 29.4 Å². The van der Waals surface area contributed by atoms with Crippen molar-refractivity contribution in [3.63, 3.8) is 0 Å². The molecule has 0 saturated heterocycles. The molecule has 160 valence electrons. The molecule has 0 aliphatic heterocycles. The fourth-order valence-electron chi connectivity index (χ4n) is 3.60. The number of carbonyl (C=O) groups is 1. The van der Waals surface area contributed by atoms with Crippen molar-refractivity contribution in [1.82, 2.24) is 20.2 Å². The molecule has 0 saturated carbocycles. The van der Waals surface area contributed by atoms with Gasteiger partial charge in [0.15, 0.2) is 0 Å². The van der Waals surface area contributed by atoms with E-state index in [9.17, 15) is 10.1 Å². The normalized spacial score (nSPS) is 13.2. The number of rotatable bonds is 7. The van der Waals surface area contributed by atoms with Crippen LogP contribution in [0, 0.1) is 11.3 Å². The molecule has 1 aliphatic rings. The highest BCUT2D eigenvalue weighted by Crippen LogP contribution is 2.37. The van der Waals surface area contributed by atoms with E-state index in [2.05, 4.69) is 26.9 Å². The molecule has 0 radical (unpaired) electrons. The summed E-state index contributed by atoms with van der Waals surface area (Å²) in [5.41, 5.74) is 2.51. The summed E-state index contributed by atoms with van der Waals surface area (Å²) in [5, 5.41) is 25.7. The maximum atomic E-state index is 12.5. The first-order valence-corrected chi connectivity index (χ1v) is 11.9. The van der Waals surface area contributed by atoms with E-state index in [0.717, 1.165) is 36.9 Å². The second-order valence-corrected chi connectivity index (χ2v) is 9.24. The number of benzene rings is 1. The predicted molar refractivity (Wildman–Crippen MR) is 120 cm³/mol. The molecule has 0 spiro atoms. The summed E-state index contributed by atoms with van der Waals surface area (Å²) < 4.78 is 6.99. The van der Waals surface area contributed by atoms with Crippen LogP contribution in [0.4, 0.5) is 5.00 Å². The number of thiophene rings is 1. The number of fused-ring (bicyclic) bond motifs is 1. The van der Waals surface area contributed by atoms with Gasteiger partial charge in [0.2, 0.25) is 11.1 Å². The minimum atomic E-state index is -0.114. The fraction of sp³-hybridized carbons (Fsp3) is 0.381. The van der Waals surface area contributed by atoms with E-state index >= 15 is 0 Å². The molecular weight excluding hydrogens is 432 g/mol. The van der Waals surface area contributed by atoms with Gasteiger partial charge >= 0.3 is 0 Å². The molecule has 1 aromatic carbocycles. The van der Waals surface area contributed by atoms with Crippen molar-refractivity contribution in [1.29, 1.82) is 5.26 Å². The quantitative estimate of drug-likeness (QED) is 0.425. The average Bonchev–Trinajstić information content (AvgIpc) is 3.30. The number of ether oxygens (including phenoxy) is 1. The summed E-state index contributed by atoms with van der Waals surface area (Å²) in [6.07, 6.45) is 5.64. The lowest BCUT2D eigenvalue weighted by molar-refractivity contribution is -0.115. The Morgan fingerprint density at radius 3 is 3.00 bits per heavy atom. The summed E-state index contributed by atoms with van der Waals surface area (Å²) in [6.45, 7) is 0. The summed E-state index contributed by atoms with van der Waals surface area (Å²) in [7, 11) is 1.60. The average molecular weight is 455 g/mol. The Morgan fingerprint density at radius 1 is 1.32 bits per heavy atom. The summed E-state index contributed by atoms with van der Waals surface area (Å²) in [6, 6.07) is 9.78. The Morgan fingerprint density at radius 2 is 2.16 bits per heavy atom. The molecule has 0 fully saturated rings. The highest BCUT2D eigenvalue weighted by Gasteiger charge is 2.21. The zero-order valence-electron chi connectivity index (χ0n) is 17.1. The van der Waals surface area contributed by atoms with Crippen LogP contribution < -0.4 is 10.1 Å². The number of nitriles is 1. The van der Waals surface area contributed by atoms with E-state index in [1.807, 2.05) is 24.3 Å². The Labute approximate surface area is 188 Å². The van der Waals surface area contributed by atoms with E-state index in [0.29, 0.717) is 27.2 Å². The number of amides is 1. The smallest absolute Gasteiger partial charge is 0.225 e. The molecule has 4 rings (SSSR count). The number of carbonyl (C=O) groups excluding carboxylic acids is 1. The first kappa shape index (κ1) is 21.3. The predicted octanol–water partition coefficient (Wildman–Crippen LogP) is 3.99. The Bertz CT molecular complexity index is 1120. The minimum Gasteiger partial charge on any atom is -0.494 e. The van der Waals surface area contributed by atoms with Gasteiger partial charge in [-0.15, -0.1) is 16.4 Å². The van der Waals surface area contributed by atoms with Gasteiger partial charge in [-0.05, 0) is 53.8 Å². The van der Waals surface area contributed by atoms with Crippen LogP contribution in [0.2, 0.25) is 0 Å². The number of anilines is 1. The standard InChI is InChI=1S/C21H22N6O2S2/c1-29-17-9-6-5-8-16(17)27-21(24-25-26-27)30-12-11-19(28)23-20-15(13-22)14-7-3-2-4-10-18(14)31-20/h5-6,8-9H,2-4,7,10-12H2,1H3,(H,23,28). The van der Waals surface area contributed by atoms with E-state index in [4.69, 9.17) is 4.74 Å². The van der Waals surface area contributed by atoms with Gasteiger partial charge in [0.25, 0.3) is 0 Å². The van der Waals surface area contributed by atoms with Crippen LogP contribution in [0.3, 0.4) is 0 Å². The number of methoxy groups -OCH3 is 1. The summed E-state index contributed by atoms with van der Waals surface area (Å²) in [4.78, 5) is 13.8. The summed E-state index contributed by atoms with van der Waals surface area (Å²) >= 11 is 2.95. The SMILES string of the molecule is COc1ccccc1-n1nnnc1SCCC(=O)Nc1sc2c(c1C#N)CCCCC2. The third-order valence-electron chi connectivity index (χ3n) is 5.10. The Balaban J connectivity index is 1.38. The van der Waals surface area contributed by atoms with E-state index in [-0.39, 0.29) is 12.3 Å². The molecule has 1 aliphatic carbocycles. The first-order chi connectivity index (χ1) is 15.2. The monoisotopic (exact) mass is 454 g/mol. The van der Waals surface area contributed by atoms with Gasteiger partial charge in [0.05, 0.1) is 12.7 Å². The zero-order valence-corrected chi connectivity index (χ0v) is 18.8. The van der Waals surface area contributed by atoms with Crippen LogP contribution in [0.25, 0.3) is 5.69 Å². The number of aromatic nitrogens is 4. The molecule has 2 heterocycles. The molecule has 1 N–H and O–H groups in total. The highest BCUT2D eigenvalue weighted by molar-refractivity contribution is 7.99. The van der Waals surface area contributed by atoms with Gasteiger partial charge in [0, 0.05) is 17.1 Å². The molecule has 31 heavy (non-hydrogen) atoms. The Kier molecular flexibility index (Phi) is 6.84. The number of aryl methyl sites for hydroxylation is 1. The second kappa shape index (κ2) is 9.94. The largest absolute Gasteiger partial charge is 0.494 e. The lowest BCUT2D eigenvalue weighted by Crippen LogP contribution is -2.12. The number of hydrogen-bond donors (Lipinski definition) is 1. The molecule has 2 aromatic heterocycles. The molecular formula is C21H22N6O2S2. The van der Waals surface area contributed by atoms with Crippen LogP contribution in [0.5, 0.6) is 5.75 Å². The van der Waals surface area contributed by atoms with Crippen LogP contribution in [-0.2, 0) is 17.6 Å². The van der Waals surface area contributed by atoms with E-state index in [1.165, 1.54) is 23.1 Å². The van der Waals surface area contributed by atoms with Crippen molar-refractivity contribution < 1.29 is 9.53 Å². The first-order valence-electron chi connectivity index (χ1n) is 10.1. The third kappa shape index (κ3) is 4.73. The Hall–Kier alpha value is -2.90. The number of thioether (sulfide) groups is 1. The maximum Gasteiger partial charge on any atom is 0.225 e. The van der Waals surface area contributed by atoms with Crippen molar-refractivity contribution in [3.05, 3.63) is 40.3 Å². The number of tetrazole rings is 1. The minimum absolute atomic E-state index is 0.114. The van der Waals surface area contributed by atoms with Crippen molar-refractivity contribution in [2.45, 2.75) is 43.7 Å². The van der Waals surface area contributed by atoms with Crippen molar-refractivity contribution in [2.75, 3.05) is 18.2 Å². The van der Waals surface area contributed by atoms with Gasteiger partial charge in [-0.2, -0.15) is 9.94 Å². The van der Waals surface area contributed by atoms with Crippen molar-refractivity contribution >= 4 is 34.0 Å². The van der Waals surface area contributed by atoms with Crippen LogP contribution in [0.1, 0.15) is 41.7 Å². The lowest BCUT2D eigenvalue weighted by atomic mass is 10.1. The lowest BCUT2D eigenvalue weighted by Gasteiger charge is -2.09. The van der Waals surface area contributed by atoms with Crippen molar-refractivity contribution in [2.24, 2.45) is 0 Å². The number of nitrogens with one attached hydrogen (secondary N) is 1. The number of nitrogens with zero attached hydrogens (tertiary/aromatic N) is 5. The fourth-order valence-corrected chi connectivity index (χ4v) is 5.68. The molecule has 0 unspecified atom stereocenters. The topological polar surface area (TPSA) is 106 Å². The molecule has 1 amide bonds. The van der Waals surface area contributed by atoms with Crippen LogP contribution in [-0.4, -0.2) is 39.0 Å². The van der Waals surface area contributed by atoms with Gasteiger partial charge in [-0.3, -0.25) is 4.79 Å². The van der Waals surface area contributed by atoms with Gasteiger partial charge in [-0.1, -0.05) is 30.3 Å². The number of para-hydroxylation sites is 2. The third-order valence-corrected chi connectivity index (χ3v) is 7.23. The van der Waals surface area contributed by atoms with Gasteiger partial charge < -0.3 is 10.1 Å². The van der Waals surface area contributed by atoms with Crippen molar-refractivity contribution in [3.8, 4) is 17.5 Å². The zero-order chi connectivity index (χ0) is 21.6.